The number of nitriles is 3. The van der Waals surface area contributed by atoms with Crippen LogP contribution in [0.2, 0.25) is 0 Å². The highest BCUT2D eigenvalue weighted by molar-refractivity contribution is 6.04. The molecule has 0 saturated heterocycles. The van der Waals surface area contributed by atoms with E-state index in [0.717, 1.165) is 11.4 Å². The second kappa shape index (κ2) is 16.5. The fraction of sp³-hybridized carbons (Fsp3) is 0.200. The Morgan fingerprint density at radius 2 is 1.60 bits per heavy atom. The molecule has 12 nitrogen and oxygen atoms in total. The van der Waals surface area contributed by atoms with Crippen molar-refractivity contribution >= 4 is 45.7 Å². The van der Waals surface area contributed by atoms with Crippen molar-refractivity contribution in [3.8, 4) is 24.0 Å². The maximum Gasteiger partial charge on any atom is 0.345 e. The summed E-state index contributed by atoms with van der Waals surface area (Å²) >= 11 is 0. The Morgan fingerprint density at radius 3 is 2.23 bits per heavy atom. The fourth-order valence-electron chi connectivity index (χ4n) is 4.40. The first kappa shape index (κ1) is 33.3. The average Bonchev–Trinajstić information content (AvgIpc) is 3.09. The van der Waals surface area contributed by atoms with Gasteiger partial charge in [0.05, 0.1) is 54.2 Å². The van der Waals surface area contributed by atoms with E-state index in [-0.39, 0.29) is 16.8 Å². The summed E-state index contributed by atoms with van der Waals surface area (Å²) in [6.07, 6.45) is 2.04. The molecule has 1 amide bonds. The lowest BCUT2D eigenvalue weighted by atomic mass is 10.1. The Hall–Kier alpha value is -6.58. The maximum atomic E-state index is 12.8. The van der Waals surface area contributed by atoms with Gasteiger partial charge < -0.3 is 14.1 Å². The minimum atomic E-state index is -0.756. The van der Waals surface area contributed by atoms with Gasteiger partial charge in [-0.15, -0.1) is 0 Å². The molecule has 0 fully saturated rings. The van der Waals surface area contributed by atoms with Crippen LogP contribution in [0.25, 0.3) is 17.0 Å². The first-order valence-electron chi connectivity index (χ1n) is 14.6. The summed E-state index contributed by atoms with van der Waals surface area (Å²) in [5.74, 6) is -0.0173. The summed E-state index contributed by atoms with van der Waals surface area (Å²) in [7, 11) is 0. The van der Waals surface area contributed by atoms with E-state index in [4.69, 9.17) is 19.7 Å². The number of azo groups is 1. The van der Waals surface area contributed by atoms with Crippen LogP contribution in [0.4, 0.5) is 17.1 Å². The highest BCUT2D eigenvalue weighted by Gasteiger charge is 2.13. The molecule has 12 heteroatoms. The smallest absolute Gasteiger partial charge is 0.345 e. The number of hydrazone groups is 1. The largest absolute Gasteiger partial charge is 0.494 e. The molecular weight excluding hydrogens is 596 g/mol. The molecule has 0 unspecified atom stereocenters. The van der Waals surface area contributed by atoms with E-state index in [1.807, 2.05) is 17.9 Å². The third-order valence-corrected chi connectivity index (χ3v) is 6.78. The van der Waals surface area contributed by atoms with Gasteiger partial charge in [0.25, 0.3) is 5.91 Å². The number of carbonyl (C=O) groups excluding carboxylic acids is 1. The van der Waals surface area contributed by atoms with E-state index in [2.05, 4.69) is 32.9 Å². The Bertz CT molecular complexity index is 1990. The third kappa shape index (κ3) is 9.21. The first-order valence-corrected chi connectivity index (χ1v) is 14.6. The molecule has 0 aliphatic rings. The van der Waals surface area contributed by atoms with E-state index in [1.54, 1.807) is 72.8 Å². The molecule has 4 rings (SSSR count). The molecule has 0 bridgehead atoms. The number of amides is 1. The number of benzene rings is 3. The van der Waals surface area contributed by atoms with Crippen molar-refractivity contribution in [2.24, 2.45) is 15.3 Å². The van der Waals surface area contributed by atoms with Crippen molar-refractivity contribution in [2.75, 3.05) is 24.6 Å². The van der Waals surface area contributed by atoms with Crippen molar-refractivity contribution < 1.29 is 13.9 Å². The van der Waals surface area contributed by atoms with E-state index in [9.17, 15) is 14.9 Å². The van der Waals surface area contributed by atoms with Gasteiger partial charge in [0.2, 0.25) is 0 Å². The second-order valence-corrected chi connectivity index (χ2v) is 10.00. The summed E-state index contributed by atoms with van der Waals surface area (Å²) in [5.41, 5.74) is 4.62. The van der Waals surface area contributed by atoms with Crippen LogP contribution in [-0.4, -0.2) is 31.3 Å². The standard InChI is InChI=1S/C35H30N8O4/c1-3-46-31-14-10-28(11-15-31)40-41-29-9-8-26-21-32(35(45)47-33(26)22-29)24(2)39-42-34(44)27(23-38)20-25-6-12-30(13-7-25)43(18-4-16-36)19-5-17-37/h6-15,20-22H,3-5,18-19H2,1-2H3,(H,42,44)/b27-20-,39-24+,41-40?. The second-order valence-electron chi connectivity index (χ2n) is 10.00. The lowest BCUT2D eigenvalue weighted by Crippen LogP contribution is -2.25. The van der Waals surface area contributed by atoms with Gasteiger partial charge >= 0.3 is 5.63 Å². The van der Waals surface area contributed by atoms with Gasteiger partial charge in [0.1, 0.15) is 23.0 Å². The minimum absolute atomic E-state index is 0.136. The van der Waals surface area contributed by atoms with Crippen LogP contribution in [0.1, 0.15) is 37.8 Å². The molecule has 234 valence electrons. The number of ether oxygens (including phenoxy) is 1. The molecule has 3 aromatic carbocycles. The van der Waals surface area contributed by atoms with Crippen LogP contribution in [0, 0.1) is 34.0 Å². The molecule has 0 spiro atoms. The number of nitrogens with zero attached hydrogens (tertiary/aromatic N) is 7. The number of rotatable bonds is 13. The van der Waals surface area contributed by atoms with Gasteiger partial charge in [-0.05, 0) is 80.1 Å². The zero-order valence-corrected chi connectivity index (χ0v) is 25.8. The van der Waals surface area contributed by atoms with Gasteiger partial charge in [-0.2, -0.15) is 31.1 Å². The Labute approximate surface area is 271 Å². The molecule has 0 aliphatic carbocycles. The summed E-state index contributed by atoms with van der Waals surface area (Å²) < 4.78 is 10.9. The predicted octanol–water partition coefficient (Wildman–Crippen LogP) is 6.69. The number of carbonyl (C=O) groups is 1. The SMILES string of the molecule is CCOc1ccc(N=Nc2ccc3cc(/C(C)=N/NC(=O)/C(C#N)=C\c4ccc(N(CCC#N)CCC#N)cc4)c(=O)oc3c2)cc1. The van der Waals surface area contributed by atoms with Crippen molar-refractivity contribution in [2.45, 2.75) is 26.7 Å². The van der Waals surface area contributed by atoms with E-state index in [0.29, 0.717) is 60.4 Å². The molecular formula is C35H30N8O4. The molecule has 0 radical (unpaired) electrons. The predicted molar refractivity (Wildman–Crippen MR) is 177 cm³/mol. The zero-order valence-electron chi connectivity index (χ0n) is 25.8. The highest BCUT2D eigenvalue weighted by atomic mass is 16.5. The number of nitrogens with one attached hydrogen (secondary N) is 1. The number of hydrogen-bond acceptors (Lipinski definition) is 11. The van der Waals surface area contributed by atoms with Gasteiger partial charge in [-0.3, -0.25) is 4.79 Å². The lowest BCUT2D eigenvalue weighted by molar-refractivity contribution is -0.117. The molecule has 0 atom stereocenters. The molecule has 0 aliphatic heterocycles. The summed E-state index contributed by atoms with van der Waals surface area (Å²) in [5, 5.41) is 40.5. The van der Waals surface area contributed by atoms with Crippen LogP contribution in [-0.2, 0) is 4.79 Å². The summed E-state index contributed by atoms with van der Waals surface area (Å²) in [6.45, 7) is 4.97. The molecule has 1 N–H and O–H groups in total. The van der Waals surface area contributed by atoms with Crippen LogP contribution in [0.3, 0.4) is 0 Å². The third-order valence-electron chi connectivity index (χ3n) is 6.78. The molecule has 0 saturated carbocycles. The van der Waals surface area contributed by atoms with Gasteiger partial charge in [-0.25, -0.2) is 10.2 Å². The Balaban J connectivity index is 1.45. The topological polar surface area (TPSA) is 180 Å². The normalized spacial score (nSPS) is 11.5. The van der Waals surface area contributed by atoms with Crippen LogP contribution < -0.4 is 20.7 Å². The van der Waals surface area contributed by atoms with Crippen LogP contribution in [0.5, 0.6) is 5.75 Å². The van der Waals surface area contributed by atoms with E-state index in [1.165, 1.54) is 13.0 Å². The molecule has 1 heterocycles. The Kier molecular flexibility index (Phi) is 11.7. The monoisotopic (exact) mass is 626 g/mol. The molecule has 47 heavy (non-hydrogen) atoms. The average molecular weight is 627 g/mol. The molecule has 4 aromatic rings. The van der Waals surface area contributed by atoms with Crippen molar-refractivity contribution in [3.63, 3.8) is 0 Å². The maximum absolute atomic E-state index is 12.8. The van der Waals surface area contributed by atoms with Gasteiger partial charge in [0.15, 0.2) is 0 Å². The van der Waals surface area contributed by atoms with E-state index < -0.39 is 11.5 Å². The molecule has 1 aromatic heterocycles. The highest BCUT2D eigenvalue weighted by Crippen LogP contribution is 2.25. The fourth-order valence-corrected chi connectivity index (χ4v) is 4.40. The Morgan fingerprint density at radius 1 is 0.936 bits per heavy atom. The van der Waals surface area contributed by atoms with Crippen LogP contribution >= 0.6 is 0 Å². The van der Waals surface area contributed by atoms with Crippen molar-refractivity contribution in [3.05, 3.63) is 99.9 Å². The minimum Gasteiger partial charge on any atom is -0.494 e. The van der Waals surface area contributed by atoms with Gasteiger partial charge in [0, 0.05) is 30.2 Å². The first-order chi connectivity index (χ1) is 22.8. The number of fused-ring (bicyclic) bond motifs is 1. The summed E-state index contributed by atoms with van der Waals surface area (Å²) in [4.78, 5) is 27.5. The number of hydrogen-bond donors (Lipinski definition) is 1. The number of anilines is 1. The quantitative estimate of drug-likeness (QED) is 0.0425. The van der Waals surface area contributed by atoms with Gasteiger partial charge in [-0.1, -0.05) is 12.1 Å². The lowest BCUT2D eigenvalue weighted by Gasteiger charge is -2.22. The van der Waals surface area contributed by atoms with E-state index >= 15 is 0 Å². The van der Waals surface area contributed by atoms with Crippen LogP contribution in [0.15, 0.2) is 103 Å². The summed E-state index contributed by atoms with van der Waals surface area (Å²) in [6, 6.07) is 26.9. The van der Waals surface area contributed by atoms with Crippen molar-refractivity contribution in [1.29, 1.82) is 15.8 Å². The zero-order chi connectivity index (χ0) is 33.6. The van der Waals surface area contributed by atoms with Crippen molar-refractivity contribution in [1.82, 2.24) is 5.43 Å².